The van der Waals surface area contributed by atoms with Crippen LogP contribution in [0, 0.1) is 0 Å². The standard InChI is InChI=1S/C16H10O2/c17-15-8-16(18)14-7-12-10(6-13(14)15)5-4-9-2-1-3-11(9)12/h1-5,7H,6,8H2. The molecule has 0 heterocycles. The van der Waals surface area contributed by atoms with Gasteiger partial charge in [0.1, 0.15) is 0 Å². The van der Waals surface area contributed by atoms with Crippen LogP contribution in [-0.4, -0.2) is 11.6 Å². The van der Waals surface area contributed by atoms with Crippen LogP contribution >= 0.6 is 0 Å². The first-order valence-electron chi connectivity index (χ1n) is 6.05. The fourth-order valence-electron chi connectivity index (χ4n) is 2.96. The Morgan fingerprint density at radius 1 is 0.944 bits per heavy atom. The van der Waals surface area contributed by atoms with Crippen molar-refractivity contribution in [3.63, 3.8) is 0 Å². The summed E-state index contributed by atoms with van der Waals surface area (Å²) in [6.45, 7) is 0. The first-order chi connectivity index (χ1) is 8.74. The summed E-state index contributed by atoms with van der Waals surface area (Å²) in [5.74, 6) is -0.0243. The summed E-state index contributed by atoms with van der Waals surface area (Å²) in [7, 11) is 0. The topological polar surface area (TPSA) is 34.1 Å². The smallest absolute Gasteiger partial charge is 0.171 e. The molecular formula is C16H10O2. The van der Waals surface area contributed by atoms with E-state index in [-0.39, 0.29) is 18.0 Å². The fourth-order valence-corrected chi connectivity index (χ4v) is 2.96. The fraction of sp³-hybridized carbons (Fsp3) is 0.125. The molecule has 2 nitrogen and oxygen atoms in total. The Hall–Kier alpha value is -2.22. The number of benzene rings is 1. The Bertz CT molecular complexity index is 804. The van der Waals surface area contributed by atoms with Crippen molar-refractivity contribution in [2.45, 2.75) is 12.8 Å². The van der Waals surface area contributed by atoms with Gasteiger partial charge in [-0.1, -0.05) is 30.4 Å². The van der Waals surface area contributed by atoms with Crippen LogP contribution in [0.15, 0.2) is 29.4 Å². The van der Waals surface area contributed by atoms with E-state index in [1.165, 1.54) is 10.8 Å². The molecule has 0 saturated heterocycles. The van der Waals surface area contributed by atoms with Gasteiger partial charge in [0, 0.05) is 17.6 Å². The third-order valence-electron chi connectivity index (χ3n) is 3.89. The predicted molar refractivity (Wildman–Crippen MR) is 69.0 cm³/mol. The van der Waals surface area contributed by atoms with Gasteiger partial charge in [-0.2, -0.15) is 0 Å². The molecule has 18 heavy (non-hydrogen) atoms. The second-order valence-electron chi connectivity index (χ2n) is 4.90. The molecular weight excluding hydrogens is 224 g/mol. The maximum Gasteiger partial charge on any atom is 0.171 e. The maximum atomic E-state index is 11.8. The maximum absolute atomic E-state index is 11.8. The third-order valence-corrected chi connectivity index (χ3v) is 3.89. The van der Waals surface area contributed by atoms with Gasteiger partial charge in [-0.25, -0.2) is 0 Å². The molecule has 3 aliphatic carbocycles. The van der Waals surface area contributed by atoms with E-state index in [0.717, 1.165) is 10.8 Å². The van der Waals surface area contributed by atoms with Crippen LogP contribution in [-0.2, 0) is 16.0 Å². The van der Waals surface area contributed by atoms with E-state index in [4.69, 9.17) is 0 Å². The van der Waals surface area contributed by atoms with Gasteiger partial charge in [0.05, 0.1) is 6.42 Å². The molecule has 4 rings (SSSR count). The molecule has 0 atom stereocenters. The lowest BCUT2D eigenvalue weighted by atomic mass is 9.92. The summed E-state index contributed by atoms with van der Waals surface area (Å²) in [6.07, 6.45) is 8.71. The van der Waals surface area contributed by atoms with Crippen molar-refractivity contribution in [3.8, 4) is 0 Å². The summed E-state index contributed by atoms with van der Waals surface area (Å²) in [6, 6.07) is 4.14. The van der Waals surface area contributed by atoms with E-state index < -0.39 is 0 Å². The SMILES string of the molecule is O=C1CC(=O)C2=C1C=c1c(ccc3c1=CC=C3)C2. The van der Waals surface area contributed by atoms with Crippen molar-refractivity contribution in [2.75, 3.05) is 0 Å². The summed E-state index contributed by atoms with van der Waals surface area (Å²) in [4.78, 5) is 23.5. The van der Waals surface area contributed by atoms with Gasteiger partial charge in [0.2, 0.25) is 0 Å². The lowest BCUT2D eigenvalue weighted by Gasteiger charge is -2.11. The Morgan fingerprint density at radius 3 is 2.72 bits per heavy atom. The molecule has 3 aliphatic rings. The largest absolute Gasteiger partial charge is 0.294 e. The monoisotopic (exact) mass is 234 g/mol. The number of rotatable bonds is 0. The number of hydrogen-bond acceptors (Lipinski definition) is 2. The molecule has 0 aromatic heterocycles. The first kappa shape index (κ1) is 9.77. The van der Waals surface area contributed by atoms with Crippen molar-refractivity contribution in [3.05, 3.63) is 50.9 Å². The van der Waals surface area contributed by atoms with Gasteiger partial charge >= 0.3 is 0 Å². The third kappa shape index (κ3) is 1.12. The quantitative estimate of drug-likeness (QED) is 0.618. The molecule has 0 N–H and O–H groups in total. The van der Waals surface area contributed by atoms with Gasteiger partial charge in [-0.3, -0.25) is 9.59 Å². The van der Waals surface area contributed by atoms with Gasteiger partial charge < -0.3 is 0 Å². The van der Waals surface area contributed by atoms with E-state index >= 15 is 0 Å². The van der Waals surface area contributed by atoms with Crippen LogP contribution < -0.4 is 10.4 Å². The minimum Gasteiger partial charge on any atom is -0.294 e. The lowest BCUT2D eigenvalue weighted by molar-refractivity contribution is -0.120. The molecule has 0 fully saturated rings. The van der Waals surface area contributed by atoms with Gasteiger partial charge in [0.25, 0.3) is 0 Å². The highest BCUT2D eigenvalue weighted by Gasteiger charge is 2.31. The van der Waals surface area contributed by atoms with Crippen molar-refractivity contribution in [1.29, 1.82) is 0 Å². The van der Waals surface area contributed by atoms with Crippen LogP contribution in [0.25, 0.3) is 18.2 Å². The molecule has 0 saturated carbocycles. The predicted octanol–water partition coefficient (Wildman–Crippen LogP) is 0.669. The van der Waals surface area contributed by atoms with Crippen molar-refractivity contribution in [2.24, 2.45) is 0 Å². The molecule has 0 aliphatic heterocycles. The molecule has 2 heteroatoms. The van der Waals surface area contributed by atoms with E-state index in [1.54, 1.807) is 0 Å². The normalized spacial score (nSPS) is 19.3. The lowest BCUT2D eigenvalue weighted by Crippen LogP contribution is -2.32. The summed E-state index contributed by atoms with van der Waals surface area (Å²) >= 11 is 0. The van der Waals surface area contributed by atoms with Crippen molar-refractivity contribution >= 4 is 29.8 Å². The zero-order valence-electron chi connectivity index (χ0n) is 9.69. The number of carbonyl (C=O) groups is 2. The van der Waals surface area contributed by atoms with Crippen LogP contribution in [0.5, 0.6) is 0 Å². The van der Waals surface area contributed by atoms with E-state index in [9.17, 15) is 9.59 Å². The zero-order chi connectivity index (χ0) is 12.3. The number of ketones is 2. The van der Waals surface area contributed by atoms with Crippen LogP contribution in [0.3, 0.4) is 0 Å². The highest BCUT2D eigenvalue weighted by molar-refractivity contribution is 6.26. The van der Waals surface area contributed by atoms with E-state index in [2.05, 4.69) is 24.3 Å². The number of hydrogen-bond donors (Lipinski definition) is 0. The zero-order valence-corrected chi connectivity index (χ0v) is 9.69. The molecule has 0 radical (unpaired) electrons. The number of allylic oxidation sites excluding steroid dienone is 3. The van der Waals surface area contributed by atoms with Crippen LogP contribution in [0.1, 0.15) is 17.5 Å². The van der Waals surface area contributed by atoms with Crippen molar-refractivity contribution < 1.29 is 9.59 Å². The average Bonchev–Trinajstić information content (AvgIpc) is 2.94. The summed E-state index contributed by atoms with van der Waals surface area (Å²) < 4.78 is 0. The second kappa shape index (κ2) is 3.16. The Balaban J connectivity index is 2.08. The minimum absolute atomic E-state index is 0.000460. The molecule has 1 aromatic carbocycles. The molecule has 0 amide bonds. The van der Waals surface area contributed by atoms with E-state index in [0.29, 0.717) is 17.6 Å². The molecule has 1 aromatic rings. The van der Waals surface area contributed by atoms with Crippen LogP contribution in [0.4, 0.5) is 0 Å². The van der Waals surface area contributed by atoms with E-state index in [1.807, 2.05) is 12.2 Å². The van der Waals surface area contributed by atoms with Crippen molar-refractivity contribution in [1.82, 2.24) is 0 Å². The van der Waals surface area contributed by atoms with Gasteiger partial charge in [-0.05, 0) is 27.6 Å². The molecule has 0 bridgehead atoms. The second-order valence-corrected chi connectivity index (χ2v) is 4.90. The molecule has 0 unspecified atom stereocenters. The number of carbonyl (C=O) groups excluding carboxylic acids is 2. The Kier molecular flexibility index (Phi) is 1.72. The highest BCUT2D eigenvalue weighted by Crippen LogP contribution is 2.26. The Labute approximate surface area is 104 Å². The number of Topliss-reactive ketones (excluding diaryl/α,β-unsaturated/α-hetero) is 2. The van der Waals surface area contributed by atoms with Gasteiger partial charge in [0.15, 0.2) is 11.6 Å². The van der Waals surface area contributed by atoms with Crippen LogP contribution in [0.2, 0.25) is 0 Å². The molecule has 0 spiro atoms. The summed E-state index contributed by atoms with van der Waals surface area (Å²) in [5.41, 5.74) is 3.68. The highest BCUT2D eigenvalue weighted by atomic mass is 16.2. The molecule has 86 valence electrons. The Morgan fingerprint density at radius 2 is 1.83 bits per heavy atom. The first-order valence-corrected chi connectivity index (χ1v) is 6.05. The minimum atomic E-state index is -0.0239. The van der Waals surface area contributed by atoms with Gasteiger partial charge in [-0.15, -0.1) is 0 Å². The summed E-state index contributed by atoms with van der Waals surface area (Å²) in [5, 5.41) is 2.28. The average molecular weight is 234 g/mol. The number of fused-ring (bicyclic) bond motifs is 3.